The van der Waals surface area contributed by atoms with Crippen molar-refractivity contribution in [3.05, 3.63) is 55.7 Å². The zero-order valence-corrected chi connectivity index (χ0v) is 26.1. The van der Waals surface area contributed by atoms with Gasteiger partial charge in [0.15, 0.2) is 5.82 Å². The molecule has 0 atom stereocenters. The number of likely N-dealkylation sites (N-methyl/N-ethyl adjacent to an activating group) is 1. The molecule has 2 aliphatic heterocycles. The van der Waals surface area contributed by atoms with Gasteiger partial charge in [0.2, 0.25) is 5.95 Å². The molecule has 0 saturated carbocycles. The summed E-state index contributed by atoms with van der Waals surface area (Å²) in [5, 5.41) is 7.64. The number of hydrogen-bond donors (Lipinski definition) is 2. The van der Waals surface area contributed by atoms with E-state index in [2.05, 4.69) is 84.0 Å². The first-order chi connectivity index (χ1) is 18.8. The number of methoxy groups -OCH3 is 1. The van der Waals surface area contributed by atoms with Crippen molar-refractivity contribution in [3.8, 4) is 5.75 Å². The summed E-state index contributed by atoms with van der Waals surface area (Å²) in [7, 11) is 3.90. The van der Waals surface area contributed by atoms with Crippen LogP contribution in [-0.4, -0.2) is 79.2 Å². The van der Waals surface area contributed by atoms with Crippen molar-refractivity contribution in [2.75, 3.05) is 69.0 Å². The van der Waals surface area contributed by atoms with Crippen molar-refractivity contribution in [1.29, 1.82) is 0 Å². The minimum Gasteiger partial charge on any atom is -0.494 e. The third-order valence-corrected chi connectivity index (χ3v) is 9.00. The van der Waals surface area contributed by atoms with Crippen molar-refractivity contribution < 1.29 is 4.74 Å². The van der Waals surface area contributed by atoms with Gasteiger partial charge in [-0.15, -0.1) is 0 Å². The van der Waals surface area contributed by atoms with Crippen LogP contribution in [0.25, 0.3) is 0 Å². The SMILES string of the molecule is COc1cc(N2CCC(N3CCN(C)CC3)CC2)c(C)cc1Nc1ncc(Cl)c(Nc2cc(Cl)ccc2I)n1. The van der Waals surface area contributed by atoms with E-state index in [1.54, 1.807) is 13.3 Å². The van der Waals surface area contributed by atoms with Crippen molar-refractivity contribution >= 4 is 74.6 Å². The average Bonchev–Trinajstić information content (AvgIpc) is 2.93. The van der Waals surface area contributed by atoms with Gasteiger partial charge >= 0.3 is 0 Å². The van der Waals surface area contributed by atoms with Crippen LogP contribution in [-0.2, 0) is 0 Å². The zero-order valence-electron chi connectivity index (χ0n) is 22.5. The van der Waals surface area contributed by atoms with Gasteiger partial charge in [-0.2, -0.15) is 4.98 Å². The van der Waals surface area contributed by atoms with Crippen LogP contribution in [0.15, 0.2) is 36.5 Å². The summed E-state index contributed by atoms with van der Waals surface area (Å²) in [5.74, 6) is 1.65. The van der Waals surface area contributed by atoms with Crippen LogP contribution in [0.4, 0.5) is 28.8 Å². The summed E-state index contributed by atoms with van der Waals surface area (Å²) in [6.07, 6.45) is 3.95. The Morgan fingerprint density at radius 2 is 1.72 bits per heavy atom. The van der Waals surface area contributed by atoms with Crippen LogP contribution in [0.3, 0.4) is 0 Å². The highest BCUT2D eigenvalue weighted by atomic mass is 127. The van der Waals surface area contributed by atoms with E-state index in [0.29, 0.717) is 27.9 Å². The van der Waals surface area contributed by atoms with E-state index in [0.717, 1.165) is 33.8 Å². The molecular weight excluding hydrogens is 648 g/mol. The largest absolute Gasteiger partial charge is 0.494 e. The Bertz CT molecular complexity index is 1310. The fourth-order valence-corrected chi connectivity index (χ4v) is 6.08. The number of piperazine rings is 1. The molecule has 0 amide bonds. The Kier molecular flexibility index (Phi) is 9.23. The van der Waals surface area contributed by atoms with E-state index >= 15 is 0 Å². The number of piperidine rings is 1. The predicted octanol–water partition coefficient (Wildman–Crippen LogP) is 6.41. The molecule has 2 aromatic carbocycles. The number of nitrogens with one attached hydrogen (secondary N) is 2. The topological polar surface area (TPSA) is 68.8 Å². The van der Waals surface area contributed by atoms with Crippen molar-refractivity contribution in [2.45, 2.75) is 25.8 Å². The second-order valence-electron chi connectivity index (χ2n) is 10.2. The lowest BCUT2D eigenvalue weighted by atomic mass is 10.0. The maximum absolute atomic E-state index is 6.41. The van der Waals surface area contributed by atoms with Gasteiger partial charge in [0.25, 0.3) is 0 Å². The van der Waals surface area contributed by atoms with Crippen LogP contribution < -0.4 is 20.3 Å². The first kappa shape index (κ1) is 28.5. The highest BCUT2D eigenvalue weighted by molar-refractivity contribution is 14.1. The molecule has 2 saturated heterocycles. The number of hydrogen-bond acceptors (Lipinski definition) is 8. The van der Waals surface area contributed by atoms with Crippen LogP contribution in [0.1, 0.15) is 18.4 Å². The van der Waals surface area contributed by atoms with Gasteiger partial charge in [-0.25, -0.2) is 4.98 Å². The molecule has 0 bridgehead atoms. The monoisotopic (exact) mass is 681 g/mol. The number of rotatable bonds is 7. The van der Waals surface area contributed by atoms with Gasteiger partial charge in [0, 0.05) is 65.7 Å². The first-order valence-electron chi connectivity index (χ1n) is 13.2. The van der Waals surface area contributed by atoms with Gasteiger partial charge in [-0.05, 0) is 79.2 Å². The highest BCUT2D eigenvalue weighted by Crippen LogP contribution is 2.37. The molecule has 2 fully saturated rings. The standard InChI is InChI=1S/C28H34Cl2IN7O/c1-18-14-24(34-28-32-17-21(30)27(35-28)33-23-15-19(29)4-5-22(23)31)26(39-3)16-25(18)38-8-6-20(7-9-38)37-12-10-36(2)11-13-37/h4-5,14-17,20H,6-13H2,1-3H3,(H2,32,33,34,35). The second kappa shape index (κ2) is 12.6. The summed E-state index contributed by atoms with van der Waals surface area (Å²) in [4.78, 5) is 16.6. The van der Waals surface area contributed by atoms with Crippen LogP contribution in [0.5, 0.6) is 5.75 Å². The normalized spacial score (nSPS) is 17.3. The van der Waals surface area contributed by atoms with E-state index in [4.69, 9.17) is 27.9 Å². The number of benzene rings is 2. The number of aryl methyl sites for hydroxylation is 1. The molecule has 0 radical (unpaired) electrons. The van der Waals surface area contributed by atoms with E-state index in [1.807, 2.05) is 18.2 Å². The molecule has 0 aliphatic carbocycles. The molecule has 0 spiro atoms. The third-order valence-electron chi connectivity index (χ3n) is 7.55. The molecule has 11 heteroatoms. The third kappa shape index (κ3) is 6.82. The Labute approximate surface area is 254 Å². The van der Waals surface area contributed by atoms with Gasteiger partial charge in [-0.3, -0.25) is 4.90 Å². The fraction of sp³-hybridized carbons (Fsp3) is 0.429. The van der Waals surface area contributed by atoms with Crippen molar-refractivity contribution in [2.24, 2.45) is 0 Å². The molecular formula is C28H34Cl2IN7O. The smallest absolute Gasteiger partial charge is 0.229 e. The first-order valence-corrected chi connectivity index (χ1v) is 15.0. The van der Waals surface area contributed by atoms with Crippen LogP contribution in [0.2, 0.25) is 10.0 Å². The molecule has 3 aromatic rings. The van der Waals surface area contributed by atoms with Crippen molar-refractivity contribution in [1.82, 2.24) is 19.8 Å². The van der Waals surface area contributed by atoms with Gasteiger partial charge in [0.1, 0.15) is 10.8 Å². The van der Waals surface area contributed by atoms with E-state index < -0.39 is 0 Å². The summed E-state index contributed by atoms with van der Waals surface area (Å²) in [5.41, 5.74) is 4.02. The Balaban J connectivity index is 1.29. The lowest BCUT2D eigenvalue weighted by molar-refractivity contribution is 0.0982. The quantitative estimate of drug-likeness (QED) is 0.278. The van der Waals surface area contributed by atoms with Crippen LogP contribution in [0, 0.1) is 10.5 Å². The average molecular weight is 682 g/mol. The molecule has 0 unspecified atom stereocenters. The maximum atomic E-state index is 6.41. The summed E-state index contributed by atoms with van der Waals surface area (Å²) < 4.78 is 6.80. The molecule has 208 valence electrons. The van der Waals surface area contributed by atoms with Gasteiger partial charge in [-0.1, -0.05) is 23.2 Å². The maximum Gasteiger partial charge on any atom is 0.229 e. The molecule has 1 aromatic heterocycles. The van der Waals surface area contributed by atoms with Gasteiger partial charge < -0.3 is 25.2 Å². The van der Waals surface area contributed by atoms with Gasteiger partial charge in [0.05, 0.1) is 24.7 Å². The second-order valence-corrected chi connectivity index (χ2v) is 12.2. The molecule has 2 aliphatic rings. The molecule has 2 N–H and O–H groups in total. The predicted molar refractivity (Wildman–Crippen MR) is 170 cm³/mol. The molecule has 3 heterocycles. The Morgan fingerprint density at radius 1 is 0.974 bits per heavy atom. The van der Waals surface area contributed by atoms with E-state index in [9.17, 15) is 0 Å². The Morgan fingerprint density at radius 3 is 2.44 bits per heavy atom. The molecule has 8 nitrogen and oxygen atoms in total. The Hall–Kier alpha value is -2.05. The molecule has 39 heavy (non-hydrogen) atoms. The number of aromatic nitrogens is 2. The lowest BCUT2D eigenvalue weighted by Crippen LogP contribution is -2.52. The fourth-order valence-electron chi connectivity index (χ4n) is 5.30. The zero-order chi connectivity index (χ0) is 27.5. The highest BCUT2D eigenvalue weighted by Gasteiger charge is 2.27. The van der Waals surface area contributed by atoms with Crippen molar-refractivity contribution in [3.63, 3.8) is 0 Å². The molecule has 5 rings (SSSR count). The number of ether oxygens (including phenoxy) is 1. The minimum atomic E-state index is 0.412. The summed E-state index contributed by atoms with van der Waals surface area (Å²) in [6.45, 7) is 8.92. The van der Waals surface area contributed by atoms with E-state index in [-0.39, 0.29) is 0 Å². The number of halogens is 3. The van der Waals surface area contributed by atoms with E-state index in [1.165, 1.54) is 50.3 Å². The lowest BCUT2D eigenvalue weighted by Gasteiger charge is -2.43. The number of nitrogens with zero attached hydrogens (tertiary/aromatic N) is 5. The van der Waals surface area contributed by atoms with Crippen LogP contribution >= 0.6 is 45.8 Å². The summed E-state index contributed by atoms with van der Waals surface area (Å²) in [6, 6.07) is 10.5. The number of anilines is 5. The summed E-state index contributed by atoms with van der Waals surface area (Å²) >= 11 is 14.8. The minimum absolute atomic E-state index is 0.412.